The van der Waals surface area contributed by atoms with E-state index in [1.54, 1.807) is 37.5 Å². The minimum Gasteiger partial charge on any atom is -0.497 e. The summed E-state index contributed by atoms with van der Waals surface area (Å²) < 4.78 is 6.95. The quantitative estimate of drug-likeness (QED) is 0.474. The molecule has 0 bridgehead atoms. The molecular weight excluding hydrogens is 394 g/mol. The highest BCUT2D eigenvalue weighted by Gasteiger charge is 2.26. The van der Waals surface area contributed by atoms with Gasteiger partial charge in [0.15, 0.2) is 6.23 Å². The first-order chi connectivity index (χ1) is 13.8. The fraction of sp³-hybridized carbons (Fsp3) is 0.300. The van der Waals surface area contributed by atoms with E-state index in [1.807, 2.05) is 24.5 Å². The van der Waals surface area contributed by atoms with Crippen molar-refractivity contribution in [2.24, 2.45) is 10.3 Å². The van der Waals surface area contributed by atoms with Crippen molar-refractivity contribution in [2.45, 2.75) is 33.0 Å². The molecule has 2 heterocycles. The smallest absolute Gasteiger partial charge is 0.244 e. The second kappa shape index (κ2) is 8.79. The molecule has 0 saturated carbocycles. The number of methoxy groups -OCH3 is 1. The Bertz CT molecular complexity index is 952. The number of hydrogen-bond acceptors (Lipinski definition) is 7. The minimum atomic E-state index is -1.06. The van der Waals surface area contributed by atoms with Crippen LogP contribution in [0.3, 0.4) is 0 Å². The number of ether oxygens (including phenoxy) is 1. The van der Waals surface area contributed by atoms with Gasteiger partial charge in [0.1, 0.15) is 5.76 Å². The Hall–Kier alpha value is -2.65. The van der Waals surface area contributed by atoms with Gasteiger partial charge in [-0.25, -0.2) is 5.53 Å². The van der Waals surface area contributed by atoms with Crippen LogP contribution < -0.4 is 5.53 Å². The molecule has 2 aromatic rings. The molecule has 0 radical (unpaired) electrons. The number of aliphatic hydroxyl groups excluding tert-OH is 2. The molecule has 0 saturated heterocycles. The van der Waals surface area contributed by atoms with Gasteiger partial charge >= 0.3 is 0 Å². The van der Waals surface area contributed by atoms with Crippen LogP contribution in [0.15, 0.2) is 53.0 Å². The van der Waals surface area contributed by atoms with Crippen molar-refractivity contribution in [2.75, 3.05) is 7.11 Å². The molecule has 3 rings (SSSR count). The Kier molecular flexibility index (Phi) is 6.39. The summed E-state index contributed by atoms with van der Waals surface area (Å²) in [6.07, 6.45) is 1.59. The molecule has 154 valence electrons. The molecule has 9 heteroatoms. The summed E-state index contributed by atoms with van der Waals surface area (Å²) in [5.74, 6) is 0.492. The first-order valence-electron chi connectivity index (χ1n) is 8.98. The molecular formula is C20H24ClN5O3. The van der Waals surface area contributed by atoms with E-state index >= 15 is 0 Å². The molecule has 29 heavy (non-hydrogen) atoms. The topological polar surface area (TPSA) is 94.6 Å². The average Bonchev–Trinajstić information content (AvgIpc) is 3.22. The van der Waals surface area contributed by atoms with Crippen molar-refractivity contribution in [1.29, 1.82) is 0 Å². The van der Waals surface area contributed by atoms with Crippen molar-refractivity contribution in [3.8, 4) is 0 Å². The van der Waals surface area contributed by atoms with E-state index in [-0.39, 0.29) is 0 Å². The third-order valence-corrected chi connectivity index (χ3v) is 5.19. The van der Waals surface area contributed by atoms with Crippen LogP contribution in [0.4, 0.5) is 0 Å². The lowest BCUT2D eigenvalue weighted by molar-refractivity contribution is -0.00252. The lowest BCUT2D eigenvalue weighted by Crippen LogP contribution is -2.36. The van der Waals surface area contributed by atoms with Gasteiger partial charge in [0.05, 0.1) is 13.7 Å². The SMILES string of the molecule is C=C(/C=C\c1c(C)c(CN2NN=NC2O)c(C)n1C(O)c1ccc(Cl)cc1)OC. The van der Waals surface area contributed by atoms with Gasteiger partial charge in [0, 0.05) is 22.0 Å². The number of halogens is 1. The summed E-state index contributed by atoms with van der Waals surface area (Å²) >= 11 is 5.99. The number of hydrogen-bond donors (Lipinski definition) is 3. The number of aliphatic hydroxyl groups is 2. The average molecular weight is 418 g/mol. The summed E-state index contributed by atoms with van der Waals surface area (Å²) in [7, 11) is 1.55. The van der Waals surface area contributed by atoms with Crippen LogP contribution in [0.1, 0.15) is 34.3 Å². The molecule has 3 N–H and O–H groups in total. The third kappa shape index (κ3) is 4.35. The standard InChI is InChI=1S/C20H24ClN5O3/c1-12(29-4)5-10-18-13(2)17(11-25-20(28)22-23-24-25)14(3)26(18)19(27)15-6-8-16(21)9-7-15/h5-10,19-20,27-28H,1,11H2,2-4H3,(H,22,24)/b10-5-. The van der Waals surface area contributed by atoms with Gasteiger partial charge in [-0.2, -0.15) is 5.01 Å². The van der Waals surface area contributed by atoms with E-state index < -0.39 is 12.6 Å². The number of allylic oxidation sites excluding steroid dienone is 1. The molecule has 0 spiro atoms. The van der Waals surface area contributed by atoms with Gasteiger partial charge in [0.25, 0.3) is 0 Å². The summed E-state index contributed by atoms with van der Waals surface area (Å²) in [4.78, 5) is 0. The first-order valence-corrected chi connectivity index (χ1v) is 9.36. The zero-order chi connectivity index (χ0) is 21.1. The van der Waals surface area contributed by atoms with Gasteiger partial charge in [-0.1, -0.05) is 35.5 Å². The predicted molar refractivity (Wildman–Crippen MR) is 110 cm³/mol. The van der Waals surface area contributed by atoms with Gasteiger partial charge in [-0.3, -0.25) is 0 Å². The number of rotatable bonds is 7. The Morgan fingerprint density at radius 3 is 2.66 bits per heavy atom. The molecule has 1 aliphatic heterocycles. The summed E-state index contributed by atoms with van der Waals surface area (Å²) in [5.41, 5.74) is 6.87. The van der Waals surface area contributed by atoms with Gasteiger partial charge in [-0.15, -0.1) is 5.11 Å². The van der Waals surface area contributed by atoms with Crippen LogP contribution in [-0.4, -0.2) is 33.3 Å². The zero-order valence-corrected chi connectivity index (χ0v) is 17.3. The summed E-state index contributed by atoms with van der Waals surface area (Å²) in [6.45, 7) is 8.03. The highest BCUT2D eigenvalue weighted by molar-refractivity contribution is 6.30. The van der Waals surface area contributed by atoms with E-state index in [0.29, 0.717) is 22.9 Å². The maximum absolute atomic E-state index is 11.1. The van der Waals surface area contributed by atoms with Crippen LogP contribution in [0.25, 0.3) is 6.08 Å². The molecule has 1 aromatic heterocycles. The molecule has 1 aliphatic rings. The van der Waals surface area contributed by atoms with Gasteiger partial charge < -0.3 is 19.5 Å². The maximum atomic E-state index is 11.1. The number of hydrazine groups is 1. The van der Waals surface area contributed by atoms with Crippen LogP contribution >= 0.6 is 11.6 Å². The molecule has 2 unspecified atom stereocenters. The monoisotopic (exact) mass is 417 g/mol. The summed E-state index contributed by atoms with van der Waals surface area (Å²) in [6, 6.07) is 7.05. The normalized spacial score (nSPS) is 17.7. The molecule has 0 amide bonds. The lowest BCUT2D eigenvalue weighted by atomic mass is 10.1. The fourth-order valence-corrected chi connectivity index (χ4v) is 3.37. The van der Waals surface area contributed by atoms with Crippen molar-refractivity contribution in [3.05, 3.63) is 75.8 Å². The first kappa shape index (κ1) is 21.1. The van der Waals surface area contributed by atoms with Crippen molar-refractivity contribution < 1.29 is 14.9 Å². The minimum absolute atomic E-state index is 0.345. The summed E-state index contributed by atoms with van der Waals surface area (Å²) in [5, 5.41) is 30.4. The lowest BCUT2D eigenvalue weighted by Gasteiger charge is -2.19. The molecule has 0 aliphatic carbocycles. The molecule has 1 aromatic carbocycles. The van der Waals surface area contributed by atoms with Crippen molar-refractivity contribution in [1.82, 2.24) is 15.1 Å². The number of nitrogens with zero attached hydrogens (tertiary/aromatic N) is 4. The van der Waals surface area contributed by atoms with Gasteiger partial charge in [-0.05, 0) is 49.3 Å². The molecule has 2 atom stereocenters. The highest BCUT2D eigenvalue weighted by atomic mass is 35.5. The Morgan fingerprint density at radius 2 is 2.07 bits per heavy atom. The molecule has 8 nitrogen and oxygen atoms in total. The Labute approximate surface area is 174 Å². The van der Waals surface area contributed by atoms with E-state index in [9.17, 15) is 10.2 Å². The molecule has 0 fully saturated rings. The number of benzene rings is 1. The third-order valence-electron chi connectivity index (χ3n) is 4.94. The fourth-order valence-electron chi connectivity index (χ4n) is 3.25. The maximum Gasteiger partial charge on any atom is 0.244 e. The van der Waals surface area contributed by atoms with Crippen LogP contribution in [0.5, 0.6) is 0 Å². The number of nitrogens with one attached hydrogen (secondary N) is 1. The second-order valence-electron chi connectivity index (χ2n) is 6.66. The second-order valence-corrected chi connectivity index (χ2v) is 7.10. The zero-order valence-electron chi connectivity index (χ0n) is 16.5. The Morgan fingerprint density at radius 1 is 1.38 bits per heavy atom. The van der Waals surface area contributed by atoms with Gasteiger partial charge in [0.2, 0.25) is 6.35 Å². The highest BCUT2D eigenvalue weighted by Crippen LogP contribution is 2.31. The van der Waals surface area contributed by atoms with Crippen LogP contribution in [0, 0.1) is 13.8 Å². The van der Waals surface area contributed by atoms with E-state index in [1.165, 1.54) is 5.01 Å². The van der Waals surface area contributed by atoms with E-state index in [2.05, 4.69) is 22.5 Å². The number of aromatic nitrogens is 1. The van der Waals surface area contributed by atoms with E-state index in [0.717, 1.165) is 22.5 Å². The van der Waals surface area contributed by atoms with Crippen LogP contribution in [-0.2, 0) is 11.3 Å². The van der Waals surface area contributed by atoms with Crippen molar-refractivity contribution >= 4 is 17.7 Å². The Balaban J connectivity index is 2.06. The van der Waals surface area contributed by atoms with Crippen LogP contribution in [0.2, 0.25) is 5.02 Å². The predicted octanol–water partition coefficient (Wildman–Crippen LogP) is 3.43. The van der Waals surface area contributed by atoms with Crippen molar-refractivity contribution in [3.63, 3.8) is 0 Å². The van der Waals surface area contributed by atoms with E-state index in [4.69, 9.17) is 16.3 Å². The largest absolute Gasteiger partial charge is 0.497 e.